The molecule has 4 atom stereocenters. The van der Waals surface area contributed by atoms with Crippen LogP contribution in [0.4, 0.5) is 0 Å². The van der Waals surface area contributed by atoms with Gasteiger partial charge in [-0.15, -0.1) is 0 Å². The van der Waals surface area contributed by atoms with E-state index < -0.39 is 54.5 Å². The van der Waals surface area contributed by atoms with E-state index in [0.717, 1.165) is 6.42 Å². The molecule has 13 nitrogen and oxygen atoms in total. The molecule has 182 valence electrons. The van der Waals surface area contributed by atoms with Crippen LogP contribution in [0.3, 0.4) is 0 Å². The zero-order valence-electron chi connectivity index (χ0n) is 18.0. The predicted molar refractivity (Wildman–Crippen MR) is 113 cm³/mol. The second-order valence-corrected chi connectivity index (χ2v) is 7.64. The largest absolute Gasteiger partial charge is 0.480 e. The van der Waals surface area contributed by atoms with Gasteiger partial charge >= 0.3 is 5.97 Å². The summed E-state index contributed by atoms with van der Waals surface area (Å²) in [6.07, 6.45) is 2.52. The number of aliphatic hydroxyl groups excluding tert-OH is 1. The number of aliphatic hydroxyl groups is 1. The third kappa shape index (κ3) is 9.58. The number of carbonyl (C=O) groups is 5. The van der Waals surface area contributed by atoms with Crippen molar-refractivity contribution >= 4 is 29.6 Å². The van der Waals surface area contributed by atoms with Crippen molar-refractivity contribution in [1.29, 1.82) is 0 Å². The fraction of sp³-hybridized carbons (Fsp3) is 0.737. The van der Waals surface area contributed by atoms with Crippen molar-refractivity contribution < 1.29 is 34.2 Å². The van der Waals surface area contributed by atoms with E-state index in [1.165, 1.54) is 0 Å². The number of hydrogen-bond donors (Lipinski definition) is 8. The van der Waals surface area contributed by atoms with Gasteiger partial charge in [-0.2, -0.15) is 0 Å². The molecule has 4 amide bonds. The Bertz CT molecular complexity index is 669. The van der Waals surface area contributed by atoms with Crippen molar-refractivity contribution in [3.05, 3.63) is 0 Å². The van der Waals surface area contributed by atoms with Crippen LogP contribution >= 0.6 is 0 Å². The van der Waals surface area contributed by atoms with Crippen molar-refractivity contribution in [2.24, 2.45) is 11.5 Å². The summed E-state index contributed by atoms with van der Waals surface area (Å²) < 4.78 is 0. The van der Waals surface area contributed by atoms with Crippen molar-refractivity contribution in [2.45, 2.75) is 69.1 Å². The SMILES string of the molecule is NCCCCC(NC(=O)C1CCCN1)C(=O)NC(CCC(N)=O)C(=O)NC(CO)C(=O)O. The van der Waals surface area contributed by atoms with Crippen molar-refractivity contribution in [3.8, 4) is 0 Å². The number of primary amides is 1. The van der Waals surface area contributed by atoms with Gasteiger partial charge in [0, 0.05) is 6.42 Å². The minimum Gasteiger partial charge on any atom is -0.480 e. The van der Waals surface area contributed by atoms with Crippen LogP contribution in [-0.2, 0) is 24.0 Å². The molecular formula is C19H34N6O7. The Kier molecular flexibility index (Phi) is 12.2. The summed E-state index contributed by atoms with van der Waals surface area (Å²) in [6, 6.07) is -4.23. The monoisotopic (exact) mass is 458 g/mol. The molecule has 0 radical (unpaired) electrons. The van der Waals surface area contributed by atoms with Gasteiger partial charge in [0.05, 0.1) is 12.6 Å². The minimum absolute atomic E-state index is 0.182. The molecule has 0 aliphatic carbocycles. The maximum Gasteiger partial charge on any atom is 0.328 e. The molecule has 1 saturated heterocycles. The van der Waals surface area contributed by atoms with Crippen molar-refractivity contribution in [3.63, 3.8) is 0 Å². The third-order valence-electron chi connectivity index (χ3n) is 5.07. The molecule has 0 bridgehead atoms. The molecule has 0 aromatic rings. The van der Waals surface area contributed by atoms with Gasteiger partial charge in [0.2, 0.25) is 23.6 Å². The van der Waals surface area contributed by atoms with Gasteiger partial charge in [-0.3, -0.25) is 19.2 Å². The number of unbranched alkanes of at least 4 members (excludes halogenated alkanes) is 1. The van der Waals surface area contributed by atoms with Gasteiger partial charge < -0.3 is 42.9 Å². The lowest BCUT2D eigenvalue weighted by molar-refractivity contribution is -0.143. The van der Waals surface area contributed by atoms with E-state index in [-0.39, 0.29) is 25.2 Å². The fourth-order valence-corrected chi connectivity index (χ4v) is 3.23. The molecule has 0 aromatic carbocycles. The van der Waals surface area contributed by atoms with Gasteiger partial charge in [0.1, 0.15) is 18.1 Å². The summed E-state index contributed by atoms with van der Waals surface area (Å²) in [4.78, 5) is 60.1. The number of nitrogens with two attached hydrogens (primary N) is 2. The van der Waals surface area contributed by atoms with E-state index in [0.29, 0.717) is 32.4 Å². The summed E-state index contributed by atoms with van der Waals surface area (Å²) in [7, 11) is 0. The number of nitrogens with one attached hydrogen (secondary N) is 4. The third-order valence-corrected chi connectivity index (χ3v) is 5.07. The van der Waals surface area contributed by atoms with Crippen LogP contribution in [0, 0.1) is 0 Å². The van der Waals surface area contributed by atoms with Crippen molar-refractivity contribution in [2.75, 3.05) is 19.7 Å². The smallest absolute Gasteiger partial charge is 0.328 e. The highest BCUT2D eigenvalue weighted by molar-refractivity contribution is 5.94. The molecule has 0 saturated carbocycles. The molecule has 1 heterocycles. The van der Waals surface area contributed by atoms with E-state index in [2.05, 4.69) is 21.3 Å². The lowest BCUT2D eigenvalue weighted by Crippen LogP contribution is -2.57. The van der Waals surface area contributed by atoms with Crippen molar-refractivity contribution in [1.82, 2.24) is 21.3 Å². The van der Waals surface area contributed by atoms with Crippen LogP contribution in [0.25, 0.3) is 0 Å². The highest BCUT2D eigenvalue weighted by Crippen LogP contribution is 2.08. The number of rotatable bonds is 15. The molecular weight excluding hydrogens is 424 g/mol. The highest BCUT2D eigenvalue weighted by Gasteiger charge is 2.31. The van der Waals surface area contributed by atoms with Gasteiger partial charge in [-0.25, -0.2) is 4.79 Å². The van der Waals surface area contributed by atoms with Crippen LogP contribution < -0.4 is 32.7 Å². The molecule has 32 heavy (non-hydrogen) atoms. The first-order chi connectivity index (χ1) is 15.2. The molecule has 1 aliphatic rings. The average molecular weight is 459 g/mol. The van der Waals surface area contributed by atoms with E-state index in [1.54, 1.807) is 0 Å². The zero-order chi connectivity index (χ0) is 24.1. The van der Waals surface area contributed by atoms with Crippen LogP contribution in [0.2, 0.25) is 0 Å². The number of hydrogen-bond acceptors (Lipinski definition) is 8. The number of amides is 4. The lowest BCUT2D eigenvalue weighted by Gasteiger charge is -2.25. The molecule has 0 aromatic heterocycles. The fourth-order valence-electron chi connectivity index (χ4n) is 3.23. The number of carbonyl (C=O) groups excluding carboxylic acids is 4. The number of aliphatic carboxylic acids is 1. The van der Waals surface area contributed by atoms with Gasteiger partial charge in [-0.05, 0) is 51.6 Å². The van der Waals surface area contributed by atoms with E-state index in [9.17, 15) is 24.0 Å². The second kappa shape index (κ2) is 14.3. The Morgan fingerprint density at radius 1 is 0.969 bits per heavy atom. The van der Waals surface area contributed by atoms with E-state index in [1.807, 2.05) is 0 Å². The maximum atomic E-state index is 12.9. The van der Waals surface area contributed by atoms with Crippen LogP contribution in [-0.4, -0.2) is 83.7 Å². The Morgan fingerprint density at radius 2 is 1.59 bits per heavy atom. The minimum atomic E-state index is -1.58. The summed E-state index contributed by atoms with van der Waals surface area (Å²) >= 11 is 0. The Morgan fingerprint density at radius 3 is 2.09 bits per heavy atom. The van der Waals surface area contributed by atoms with Crippen LogP contribution in [0.1, 0.15) is 44.9 Å². The Balaban J connectivity index is 2.89. The summed E-state index contributed by atoms with van der Waals surface area (Å²) in [5.74, 6) is -4.06. The summed E-state index contributed by atoms with van der Waals surface area (Å²) in [5, 5.41) is 28.4. The molecule has 1 rings (SSSR count). The predicted octanol–water partition coefficient (Wildman–Crippen LogP) is -3.34. The summed E-state index contributed by atoms with van der Waals surface area (Å²) in [6.45, 7) is 0.255. The van der Waals surface area contributed by atoms with Crippen LogP contribution in [0.5, 0.6) is 0 Å². The van der Waals surface area contributed by atoms with Gasteiger partial charge in [-0.1, -0.05) is 0 Å². The molecule has 10 N–H and O–H groups in total. The normalized spacial score (nSPS) is 18.2. The molecule has 1 fully saturated rings. The topological polar surface area (TPSA) is 226 Å². The Hall–Kier alpha value is -2.77. The first-order valence-electron chi connectivity index (χ1n) is 10.7. The molecule has 4 unspecified atom stereocenters. The molecule has 1 aliphatic heterocycles. The Labute approximate surface area is 186 Å². The highest BCUT2D eigenvalue weighted by atomic mass is 16.4. The van der Waals surface area contributed by atoms with Gasteiger partial charge in [0.25, 0.3) is 0 Å². The number of carboxylic acids is 1. The lowest BCUT2D eigenvalue weighted by atomic mass is 10.0. The first-order valence-corrected chi connectivity index (χ1v) is 10.7. The quantitative estimate of drug-likeness (QED) is 0.115. The van der Waals surface area contributed by atoms with Gasteiger partial charge in [0.15, 0.2) is 0 Å². The van der Waals surface area contributed by atoms with E-state index >= 15 is 0 Å². The standard InChI is InChI=1S/C19H34N6O7/c20-8-2-1-4-12(23-16(28)11-5-3-9-22-11)17(29)24-13(6-7-15(21)27)18(30)25-14(10-26)19(31)32/h11-14,22,26H,1-10,20H2,(H2,21,27)(H,23,28)(H,24,29)(H,25,30)(H,31,32). The average Bonchev–Trinajstić information content (AvgIpc) is 3.28. The summed E-state index contributed by atoms with van der Waals surface area (Å²) in [5.41, 5.74) is 10.6. The zero-order valence-corrected chi connectivity index (χ0v) is 18.0. The molecule has 0 spiro atoms. The second-order valence-electron chi connectivity index (χ2n) is 7.64. The first kappa shape index (κ1) is 27.3. The number of carboxylic acid groups (broad SMARTS) is 1. The molecule has 13 heteroatoms. The maximum absolute atomic E-state index is 12.9. The van der Waals surface area contributed by atoms with E-state index in [4.69, 9.17) is 21.7 Å². The van der Waals surface area contributed by atoms with Crippen LogP contribution in [0.15, 0.2) is 0 Å².